The maximum atomic E-state index is 12.5. The fourth-order valence-electron chi connectivity index (χ4n) is 3.65. The maximum Gasteiger partial charge on any atom is 0.222 e. The van der Waals surface area contributed by atoms with Crippen molar-refractivity contribution >= 4 is 5.91 Å². The first-order chi connectivity index (χ1) is 14.8. The Hall–Kier alpha value is -3.22. The van der Waals surface area contributed by atoms with Crippen molar-refractivity contribution in [3.8, 4) is 17.1 Å². The summed E-state index contributed by atoms with van der Waals surface area (Å²) >= 11 is 0. The highest BCUT2D eigenvalue weighted by molar-refractivity contribution is 5.76. The van der Waals surface area contributed by atoms with Gasteiger partial charge in [0.15, 0.2) is 0 Å². The molecule has 156 valence electrons. The standard InChI is InChI=1S/C23H27N5O2/c29-22(12-7-15-28-25-23(24-26-28)20-8-3-1-4-9-20)27-16-13-19(14-17-27)18-30-21-10-5-2-6-11-21/h1-6,8-11,19H,7,12-18H2. The van der Waals surface area contributed by atoms with Gasteiger partial charge < -0.3 is 9.64 Å². The highest BCUT2D eigenvalue weighted by atomic mass is 16.5. The predicted molar refractivity (Wildman–Crippen MR) is 114 cm³/mol. The van der Waals surface area contributed by atoms with Gasteiger partial charge in [0, 0.05) is 25.1 Å². The number of piperidine rings is 1. The number of hydrogen-bond acceptors (Lipinski definition) is 5. The summed E-state index contributed by atoms with van der Waals surface area (Å²) in [7, 11) is 0. The third kappa shape index (κ3) is 5.43. The Morgan fingerprint density at radius 2 is 1.70 bits per heavy atom. The van der Waals surface area contributed by atoms with E-state index in [4.69, 9.17) is 4.74 Å². The van der Waals surface area contributed by atoms with Crippen molar-refractivity contribution in [1.82, 2.24) is 25.1 Å². The number of carbonyl (C=O) groups excluding carboxylic acids is 1. The van der Waals surface area contributed by atoms with E-state index in [2.05, 4.69) is 15.4 Å². The molecule has 1 saturated heterocycles. The zero-order chi connectivity index (χ0) is 20.6. The summed E-state index contributed by atoms with van der Waals surface area (Å²) < 4.78 is 5.86. The largest absolute Gasteiger partial charge is 0.493 e. The van der Waals surface area contributed by atoms with Crippen LogP contribution in [0.5, 0.6) is 5.75 Å². The second kappa shape index (κ2) is 10.0. The minimum absolute atomic E-state index is 0.209. The van der Waals surface area contributed by atoms with E-state index < -0.39 is 0 Å². The number of rotatable bonds is 8. The number of ether oxygens (including phenoxy) is 1. The number of tetrazole rings is 1. The number of aromatic nitrogens is 4. The number of carbonyl (C=O) groups is 1. The fourth-order valence-corrected chi connectivity index (χ4v) is 3.65. The van der Waals surface area contributed by atoms with Crippen LogP contribution in [0.4, 0.5) is 0 Å². The lowest BCUT2D eigenvalue weighted by Crippen LogP contribution is -2.39. The molecule has 4 rings (SSSR count). The Balaban J connectivity index is 1.15. The van der Waals surface area contributed by atoms with Gasteiger partial charge in [0.2, 0.25) is 11.7 Å². The van der Waals surface area contributed by atoms with Gasteiger partial charge >= 0.3 is 0 Å². The molecule has 0 spiro atoms. The first-order valence-electron chi connectivity index (χ1n) is 10.6. The minimum Gasteiger partial charge on any atom is -0.493 e. The van der Waals surface area contributed by atoms with Crippen LogP contribution in [0.3, 0.4) is 0 Å². The summed E-state index contributed by atoms with van der Waals surface area (Å²) in [6.45, 7) is 2.92. The second-order valence-electron chi connectivity index (χ2n) is 7.63. The number of nitrogens with zero attached hydrogens (tertiary/aromatic N) is 5. The molecule has 0 radical (unpaired) electrons. The summed E-state index contributed by atoms with van der Waals surface area (Å²) in [6.07, 6.45) is 3.20. The van der Waals surface area contributed by atoms with Gasteiger partial charge in [-0.1, -0.05) is 48.5 Å². The van der Waals surface area contributed by atoms with E-state index in [1.165, 1.54) is 0 Å². The Morgan fingerprint density at radius 3 is 2.43 bits per heavy atom. The molecule has 1 aliphatic rings. The Labute approximate surface area is 176 Å². The van der Waals surface area contributed by atoms with Crippen LogP contribution in [0.15, 0.2) is 60.7 Å². The molecule has 1 fully saturated rings. The number of para-hydroxylation sites is 1. The van der Waals surface area contributed by atoms with Gasteiger partial charge in [-0.2, -0.15) is 4.80 Å². The van der Waals surface area contributed by atoms with Crippen LogP contribution in [0.1, 0.15) is 25.7 Å². The van der Waals surface area contributed by atoms with E-state index in [1.54, 1.807) is 4.80 Å². The highest BCUT2D eigenvalue weighted by Gasteiger charge is 2.23. The van der Waals surface area contributed by atoms with Crippen LogP contribution in [-0.2, 0) is 11.3 Å². The molecule has 2 aromatic carbocycles. The van der Waals surface area contributed by atoms with Crippen molar-refractivity contribution in [2.24, 2.45) is 5.92 Å². The average molecular weight is 406 g/mol. The van der Waals surface area contributed by atoms with Gasteiger partial charge in [0.05, 0.1) is 13.2 Å². The van der Waals surface area contributed by atoms with Gasteiger partial charge in [0.25, 0.3) is 0 Å². The smallest absolute Gasteiger partial charge is 0.222 e. The molecule has 3 aromatic rings. The van der Waals surface area contributed by atoms with Gasteiger partial charge in [-0.25, -0.2) is 0 Å². The van der Waals surface area contributed by atoms with Gasteiger partial charge in [-0.3, -0.25) is 4.79 Å². The zero-order valence-electron chi connectivity index (χ0n) is 17.1. The summed E-state index contributed by atoms with van der Waals surface area (Å²) in [5.74, 6) is 2.24. The predicted octanol–water partition coefficient (Wildman–Crippen LogP) is 3.44. The number of aryl methyl sites for hydroxylation is 1. The van der Waals surface area contributed by atoms with Crippen LogP contribution in [-0.4, -0.2) is 50.7 Å². The van der Waals surface area contributed by atoms with Crippen LogP contribution in [0.2, 0.25) is 0 Å². The van der Waals surface area contributed by atoms with Crippen molar-refractivity contribution in [2.75, 3.05) is 19.7 Å². The summed E-state index contributed by atoms with van der Waals surface area (Å²) in [5, 5.41) is 12.6. The van der Waals surface area contributed by atoms with Crippen LogP contribution < -0.4 is 4.74 Å². The first-order valence-corrected chi connectivity index (χ1v) is 10.6. The number of hydrogen-bond donors (Lipinski definition) is 0. The van der Waals surface area contributed by atoms with Crippen molar-refractivity contribution in [1.29, 1.82) is 0 Å². The molecule has 0 saturated carbocycles. The molecule has 0 aliphatic carbocycles. The van der Waals surface area contributed by atoms with Crippen molar-refractivity contribution in [3.63, 3.8) is 0 Å². The average Bonchev–Trinajstić information content (AvgIpc) is 3.28. The molecule has 1 amide bonds. The molecule has 0 N–H and O–H groups in total. The van der Waals surface area contributed by atoms with E-state index in [0.29, 0.717) is 37.7 Å². The minimum atomic E-state index is 0.209. The summed E-state index contributed by atoms with van der Waals surface area (Å²) in [5.41, 5.74) is 0.943. The Bertz CT molecular complexity index is 921. The monoisotopic (exact) mass is 405 g/mol. The van der Waals surface area contributed by atoms with E-state index in [0.717, 1.165) is 37.2 Å². The number of amides is 1. The highest BCUT2D eigenvalue weighted by Crippen LogP contribution is 2.20. The molecule has 1 aliphatic heterocycles. The molecule has 7 heteroatoms. The molecule has 0 unspecified atom stereocenters. The van der Waals surface area contributed by atoms with Crippen LogP contribution in [0.25, 0.3) is 11.4 Å². The van der Waals surface area contributed by atoms with E-state index in [9.17, 15) is 4.79 Å². The summed E-state index contributed by atoms with van der Waals surface area (Å²) in [6, 6.07) is 19.7. The van der Waals surface area contributed by atoms with E-state index >= 15 is 0 Å². The molecule has 30 heavy (non-hydrogen) atoms. The molecule has 1 aromatic heterocycles. The van der Waals surface area contributed by atoms with Gasteiger partial charge in [-0.05, 0) is 42.5 Å². The van der Waals surface area contributed by atoms with Crippen molar-refractivity contribution in [3.05, 3.63) is 60.7 Å². The molecule has 0 bridgehead atoms. The Morgan fingerprint density at radius 1 is 1.00 bits per heavy atom. The quantitative estimate of drug-likeness (QED) is 0.574. The molecule has 2 heterocycles. The zero-order valence-corrected chi connectivity index (χ0v) is 17.1. The lowest BCUT2D eigenvalue weighted by Gasteiger charge is -2.32. The lowest BCUT2D eigenvalue weighted by molar-refractivity contribution is -0.132. The number of benzene rings is 2. The third-order valence-corrected chi connectivity index (χ3v) is 5.43. The Kier molecular flexibility index (Phi) is 6.69. The third-order valence-electron chi connectivity index (χ3n) is 5.43. The molecular formula is C23H27N5O2. The van der Waals surface area contributed by atoms with E-state index in [1.807, 2.05) is 65.6 Å². The topological polar surface area (TPSA) is 73.1 Å². The van der Waals surface area contributed by atoms with Crippen LogP contribution in [0, 0.1) is 5.92 Å². The normalized spacial score (nSPS) is 14.6. The SMILES string of the molecule is O=C(CCCn1nnc(-c2ccccc2)n1)N1CCC(COc2ccccc2)CC1. The second-order valence-corrected chi connectivity index (χ2v) is 7.63. The lowest BCUT2D eigenvalue weighted by atomic mass is 9.97. The van der Waals surface area contributed by atoms with Crippen molar-refractivity contribution in [2.45, 2.75) is 32.2 Å². The number of likely N-dealkylation sites (tertiary alicyclic amines) is 1. The summed E-state index contributed by atoms with van der Waals surface area (Å²) in [4.78, 5) is 16.1. The fraction of sp³-hybridized carbons (Fsp3) is 0.391. The van der Waals surface area contributed by atoms with Crippen LogP contribution >= 0.6 is 0 Å². The van der Waals surface area contributed by atoms with Gasteiger partial charge in [0.1, 0.15) is 5.75 Å². The molecule has 0 atom stereocenters. The molecule has 7 nitrogen and oxygen atoms in total. The van der Waals surface area contributed by atoms with Gasteiger partial charge in [-0.15, -0.1) is 10.2 Å². The van der Waals surface area contributed by atoms with Crippen molar-refractivity contribution < 1.29 is 9.53 Å². The molecular weight excluding hydrogens is 378 g/mol. The van der Waals surface area contributed by atoms with E-state index in [-0.39, 0.29) is 5.91 Å². The first kappa shape index (κ1) is 20.1. The maximum absolute atomic E-state index is 12.5.